The average Bonchev–Trinajstić information content (AvgIpc) is 2.88. The van der Waals surface area contributed by atoms with Crippen molar-refractivity contribution >= 4 is 21.4 Å². The molecule has 2 aliphatic carbocycles. The van der Waals surface area contributed by atoms with Crippen molar-refractivity contribution in [2.24, 2.45) is 11.8 Å². The molecule has 0 heterocycles. The van der Waals surface area contributed by atoms with Gasteiger partial charge in [0, 0.05) is 11.7 Å². The van der Waals surface area contributed by atoms with Gasteiger partial charge in [0.05, 0.1) is 11.9 Å². The average molecular weight is 280 g/mol. The maximum absolute atomic E-state index is 11.2. The van der Waals surface area contributed by atoms with E-state index in [1.54, 1.807) is 6.07 Å². The fourth-order valence-corrected chi connectivity index (χ4v) is 4.08. The highest BCUT2D eigenvalue weighted by Gasteiger charge is 2.39. The number of hydrogen-bond donors (Lipinski definition) is 2. The molecule has 3 atom stereocenters. The third-order valence-corrected chi connectivity index (χ3v) is 4.86. The summed E-state index contributed by atoms with van der Waals surface area (Å²) in [6.45, 7) is 0. The summed E-state index contributed by atoms with van der Waals surface area (Å²) in [6.07, 6.45) is 6.51. The lowest BCUT2D eigenvalue weighted by Crippen LogP contribution is -2.25. The van der Waals surface area contributed by atoms with Gasteiger partial charge in [-0.1, -0.05) is 12.5 Å². The van der Waals surface area contributed by atoms with Crippen LogP contribution in [0.3, 0.4) is 0 Å². The maximum atomic E-state index is 11.2. The van der Waals surface area contributed by atoms with Crippen LogP contribution in [0, 0.1) is 11.8 Å². The van der Waals surface area contributed by atoms with Gasteiger partial charge in [-0.05, 0) is 49.3 Å². The summed E-state index contributed by atoms with van der Waals surface area (Å²) >= 11 is 0. The molecule has 19 heavy (non-hydrogen) atoms. The quantitative estimate of drug-likeness (QED) is 0.891. The molecular formula is C14H20N2O2S. The standard InChI is InChI=1S/C14H20N2O2S/c1-19(17,18)16-13-4-2-3-12(9-13)15-14-8-10-5-6-11(14)7-10/h2-4,9-11,14-16H,5-8H2,1H3/t10-,11-,14-/m0/s1. The number of hydrogen-bond acceptors (Lipinski definition) is 3. The normalized spacial score (nSPS) is 29.4. The second-order valence-electron chi connectivity index (χ2n) is 5.88. The van der Waals surface area contributed by atoms with Crippen LogP contribution >= 0.6 is 0 Å². The first kappa shape index (κ1) is 12.8. The first-order chi connectivity index (χ1) is 8.99. The van der Waals surface area contributed by atoms with Crippen molar-refractivity contribution in [3.8, 4) is 0 Å². The highest BCUT2D eigenvalue weighted by molar-refractivity contribution is 7.92. The highest BCUT2D eigenvalue weighted by atomic mass is 32.2. The summed E-state index contributed by atoms with van der Waals surface area (Å²) in [5.74, 6) is 1.70. The zero-order valence-electron chi connectivity index (χ0n) is 11.1. The van der Waals surface area contributed by atoms with Crippen molar-refractivity contribution in [3.05, 3.63) is 24.3 Å². The lowest BCUT2D eigenvalue weighted by Gasteiger charge is -2.24. The Hall–Kier alpha value is -1.23. The number of anilines is 2. The molecule has 2 saturated carbocycles. The molecule has 5 heteroatoms. The zero-order valence-corrected chi connectivity index (χ0v) is 11.9. The fraction of sp³-hybridized carbons (Fsp3) is 0.571. The van der Waals surface area contributed by atoms with Crippen molar-refractivity contribution in [2.45, 2.75) is 31.7 Å². The summed E-state index contributed by atoms with van der Waals surface area (Å²) < 4.78 is 25.0. The molecule has 2 aliphatic rings. The molecule has 0 spiro atoms. The van der Waals surface area contributed by atoms with Crippen LogP contribution in [0.4, 0.5) is 11.4 Å². The van der Waals surface area contributed by atoms with Crippen molar-refractivity contribution < 1.29 is 8.42 Å². The van der Waals surface area contributed by atoms with E-state index < -0.39 is 10.0 Å². The van der Waals surface area contributed by atoms with Crippen LogP contribution in [-0.4, -0.2) is 20.7 Å². The molecule has 0 aromatic heterocycles. The molecular weight excluding hydrogens is 260 g/mol. The molecule has 2 N–H and O–H groups in total. The summed E-state index contributed by atoms with van der Waals surface area (Å²) in [6, 6.07) is 8.08. The molecule has 3 rings (SSSR count). The van der Waals surface area contributed by atoms with Gasteiger partial charge in [0.15, 0.2) is 0 Å². The van der Waals surface area contributed by atoms with Gasteiger partial charge in [-0.15, -0.1) is 0 Å². The minimum Gasteiger partial charge on any atom is -0.382 e. The largest absolute Gasteiger partial charge is 0.382 e. The Morgan fingerprint density at radius 2 is 1.95 bits per heavy atom. The van der Waals surface area contributed by atoms with Crippen LogP contribution in [0.15, 0.2) is 24.3 Å². The second kappa shape index (κ2) is 4.71. The lowest BCUT2D eigenvalue weighted by atomic mass is 9.95. The van der Waals surface area contributed by atoms with E-state index >= 15 is 0 Å². The third-order valence-electron chi connectivity index (χ3n) is 4.26. The monoisotopic (exact) mass is 280 g/mol. The Balaban J connectivity index is 1.70. The van der Waals surface area contributed by atoms with Crippen molar-refractivity contribution in [1.82, 2.24) is 0 Å². The van der Waals surface area contributed by atoms with E-state index in [0.29, 0.717) is 11.7 Å². The summed E-state index contributed by atoms with van der Waals surface area (Å²) in [4.78, 5) is 0. The van der Waals surface area contributed by atoms with Gasteiger partial charge in [-0.25, -0.2) is 8.42 Å². The Labute approximate surface area is 114 Å². The Morgan fingerprint density at radius 3 is 2.58 bits per heavy atom. The van der Waals surface area contributed by atoms with Crippen molar-refractivity contribution in [3.63, 3.8) is 0 Å². The minimum atomic E-state index is -3.21. The molecule has 0 unspecified atom stereocenters. The molecule has 0 saturated heterocycles. The second-order valence-corrected chi connectivity index (χ2v) is 7.63. The number of sulfonamides is 1. The molecule has 104 valence electrons. The smallest absolute Gasteiger partial charge is 0.229 e. The topological polar surface area (TPSA) is 58.2 Å². The zero-order chi connectivity index (χ0) is 13.5. The summed E-state index contributed by atoms with van der Waals surface area (Å²) in [5, 5.41) is 3.56. The Bertz CT molecular complexity index is 571. The lowest BCUT2D eigenvalue weighted by molar-refractivity contribution is 0.440. The van der Waals surface area contributed by atoms with Gasteiger partial charge < -0.3 is 5.32 Å². The number of nitrogens with one attached hydrogen (secondary N) is 2. The number of benzene rings is 1. The third kappa shape index (κ3) is 3.03. The van der Waals surface area contributed by atoms with Gasteiger partial charge in [-0.3, -0.25) is 4.72 Å². The van der Waals surface area contributed by atoms with Gasteiger partial charge in [0.1, 0.15) is 0 Å². The molecule has 0 aliphatic heterocycles. The predicted octanol–water partition coefficient (Wildman–Crippen LogP) is 2.66. The van der Waals surface area contributed by atoms with Crippen LogP contribution in [0.1, 0.15) is 25.7 Å². The molecule has 0 radical (unpaired) electrons. The summed E-state index contributed by atoms with van der Waals surface area (Å²) in [7, 11) is -3.21. The van der Waals surface area contributed by atoms with Gasteiger partial charge in [0.2, 0.25) is 10.0 Å². The van der Waals surface area contributed by atoms with E-state index in [1.807, 2.05) is 18.2 Å². The molecule has 2 fully saturated rings. The van der Waals surface area contributed by atoms with Gasteiger partial charge in [0.25, 0.3) is 0 Å². The molecule has 1 aromatic rings. The Kier molecular flexibility index (Phi) is 3.17. The van der Waals surface area contributed by atoms with Crippen LogP contribution in [0.25, 0.3) is 0 Å². The fourth-order valence-electron chi connectivity index (χ4n) is 3.52. The predicted molar refractivity (Wildman–Crippen MR) is 77.8 cm³/mol. The van der Waals surface area contributed by atoms with Crippen LogP contribution in [0.2, 0.25) is 0 Å². The SMILES string of the molecule is CS(=O)(=O)Nc1cccc(N[C@H]2C[C@H]3CC[C@H]2C3)c1. The van der Waals surface area contributed by atoms with E-state index in [9.17, 15) is 8.42 Å². The van der Waals surface area contributed by atoms with Crippen molar-refractivity contribution in [1.29, 1.82) is 0 Å². The number of fused-ring (bicyclic) bond motifs is 2. The first-order valence-electron chi connectivity index (χ1n) is 6.84. The highest BCUT2D eigenvalue weighted by Crippen LogP contribution is 2.45. The van der Waals surface area contributed by atoms with E-state index in [-0.39, 0.29) is 0 Å². The molecule has 0 amide bonds. The maximum Gasteiger partial charge on any atom is 0.229 e. The molecule has 2 bridgehead atoms. The molecule has 1 aromatic carbocycles. The summed E-state index contributed by atoms with van der Waals surface area (Å²) in [5.41, 5.74) is 1.63. The number of rotatable bonds is 4. The van der Waals surface area contributed by atoms with Crippen molar-refractivity contribution in [2.75, 3.05) is 16.3 Å². The van der Waals surface area contributed by atoms with Crippen LogP contribution in [-0.2, 0) is 10.0 Å². The van der Waals surface area contributed by atoms with Crippen LogP contribution < -0.4 is 10.0 Å². The van der Waals surface area contributed by atoms with Gasteiger partial charge in [-0.2, -0.15) is 0 Å². The van der Waals surface area contributed by atoms with Gasteiger partial charge >= 0.3 is 0 Å². The van der Waals surface area contributed by atoms with Crippen LogP contribution in [0.5, 0.6) is 0 Å². The minimum absolute atomic E-state index is 0.562. The van der Waals surface area contributed by atoms with E-state index in [1.165, 1.54) is 31.9 Å². The Morgan fingerprint density at radius 1 is 1.16 bits per heavy atom. The van der Waals surface area contributed by atoms with E-state index in [2.05, 4.69) is 10.0 Å². The first-order valence-corrected chi connectivity index (χ1v) is 8.73. The van der Waals surface area contributed by atoms with E-state index in [0.717, 1.165) is 17.5 Å². The molecule has 4 nitrogen and oxygen atoms in total. The van der Waals surface area contributed by atoms with E-state index in [4.69, 9.17) is 0 Å².